The van der Waals surface area contributed by atoms with Gasteiger partial charge in [0, 0.05) is 33.5 Å². The van der Waals surface area contributed by atoms with Crippen molar-refractivity contribution in [1.29, 1.82) is 0 Å². The maximum absolute atomic E-state index is 2.39. The van der Waals surface area contributed by atoms with Gasteiger partial charge in [-0.25, -0.2) is 0 Å². The number of hydrogen-bond acceptors (Lipinski definition) is 1. The molecule has 0 saturated carbocycles. The smallest absolute Gasteiger partial charge is 0.0547 e. The van der Waals surface area contributed by atoms with Crippen molar-refractivity contribution < 1.29 is 0 Å². The van der Waals surface area contributed by atoms with Crippen molar-refractivity contribution in [2.24, 2.45) is 0 Å². The summed E-state index contributed by atoms with van der Waals surface area (Å²) in [5.41, 5.74) is 11.7. The van der Waals surface area contributed by atoms with Gasteiger partial charge < -0.3 is 9.47 Å². The fraction of sp³-hybridized carbons (Fsp3) is 0. The second-order valence-electron chi connectivity index (χ2n) is 12.2. The van der Waals surface area contributed by atoms with E-state index in [0.29, 0.717) is 0 Å². The second-order valence-corrected chi connectivity index (χ2v) is 12.2. The molecule has 9 aromatic rings. The number of anilines is 3. The Bertz CT molecular complexity index is 2530. The lowest BCUT2D eigenvalue weighted by atomic mass is 9.99. The van der Waals surface area contributed by atoms with Crippen LogP contribution in [0.5, 0.6) is 0 Å². The van der Waals surface area contributed by atoms with Gasteiger partial charge in [-0.2, -0.15) is 0 Å². The molecule has 0 aliphatic carbocycles. The van der Waals surface area contributed by atoms with Gasteiger partial charge in [-0.15, -0.1) is 0 Å². The third kappa shape index (κ3) is 4.83. The van der Waals surface area contributed by atoms with Crippen LogP contribution in [-0.2, 0) is 0 Å². The van der Waals surface area contributed by atoms with Crippen LogP contribution in [0.3, 0.4) is 0 Å². The molecule has 0 atom stereocenters. The summed E-state index contributed by atoms with van der Waals surface area (Å²) in [6.45, 7) is 0. The first-order chi connectivity index (χ1) is 23.8. The topological polar surface area (TPSA) is 8.17 Å². The molecule has 0 aliphatic heterocycles. The molecule has 0 amide bonds. The van der Waals surface area contributed by atoms with Crippen molar-refractivity contribution in [2.75, 3.05) is 4.90 Å². The minimum atomic E-state index is 1.11. The first kappa shape index (κ1) is 27.9. The van der Waals surface area contributed by atoms with Crippen LogP contribution in [0.2, 0.25) is 0 Å². The number of fused-ring (bicyclic) bond motifs is 4. The average molecular weight is 613 g/mol. The van der Waals surface area contributed by atoms with E-state index in [1.54, 1.807) is 0 Å². The van der Waals surface area contributed by atoms with Crippen LogP contribution in [0.1, 0.15) is 0 Å². The molecule has 8 aromatic carbocycles. The predicted octanol–water partition coefficient (Wildman–Crippen LogP) is 12.7. The van der Waals surface area contributed by atoms with E-state index in [0.717, 1.165) is 22.7 Å². The fourth-order valence-corrected chi connectivity index (χ4v) is 7.11. The highest BCUT2D eigenvalue weighted by atomic mass is 15.1. The molecule has 0 spiro atoms. The molecule has 0 radical (unpaired) electrons. The zero-order chi connectivity index (χ0) is 31.9. The van der Waals surface area contributed by atoms with E-state index >= 15 is 0 Å². The maximum Gasteiger partial charge on any atom is 0.0547 e. The van der Waals surface area contributed by atoms with Crippen LogP contribution < -0.4 is 4.90 Å². The standard InChI is InChI=1S/C46H32N2/c1-4-14-35(15-5-1)42-21-12-22-45-46(42)43-32-41(29-30-44(43)48(45)39-19-8-3-9-20-39)47(38-17-6-2-7-18-38)40-27-25-34(26-28-40)37-24-23-33-13-10-11-16-36(33)31-37/h1-32H. The Morgan fingerprint density at radius 2 is 0.979 bits per heavy atom. The van der Waals surface area contributed by atoms with Gasteiger partial charge in [-0.3, -0.25) is 0 Å². The lowest BCUT2D eigenvalue weighted by molar-refractivity contribution is 1.18. The SMILES string of the molecule is c1ccc(-c2cccc3c2c2cc(N(c4ccccc4)c4ccc(-c5ccc6ccccc6c5)cc4)ccc2n3-c2ccccc2)cc1. The molecular weight excluding hydrogens is 581 g/mol. The highest BCUT2D eigenvalue weighted by Gasteiger charge is 2.19. The molecule has 2 heteroatoms. The number of para-hydroxylation sites is 2. The number of rotatable bonds is 6. The van der Waals surface area contributed by atoms with E-state index in [2.05, 4.69) is 204 Å². The molecule has 0 aliphatic rings. The average Bonchev–Trinajstić information content (AvgIpc) is 3.50. The predicted molar refractivity (Wildman–Crippen MR) is 204 cm³/mol. The molecule has 0 N–H and O–H groups in total. The van der Waals surface area contributed by atoms with Crippen molar-refractivity contribution in [1.82, 2.24) is 4.57 Å². The van der Waals surface area contributed by atoms with Crippen molar-refractivity contribution in [2.45, 2.75) is 0 Å². The molecule has 2 nitrogen and oxygen atoms in total. The first-order valence-electron chi connectivity index (χ1n) is 16.4. The molecule has 0 unspecified atom stereocenters. The van der Waals surface area contributed by atoms with Crippen LogP contribution >= 0.6 is 0 Å². The van der Waals surface area contributed by atoms with Gasteiger partial charge in [0.05, 0.1) is 11.0 Å². The Kier molecular flexibility index (Phi) is 6.84. The van der Waals surface area contributed by atoms with Crippen molar-refractivity contribution >= 4 is 49.6 Å². The summed E-state index contributed by atoms with van der Waals surface area (Å²) in [7, 11) is 0. The maximum atomic E-state index is 2.39. The van der Waals surface area contributed by atoms with Crippen molar-refractivity contribution in [3.05, 3.63) is 194 Å². The number of aromatic nitrogens is 1. The van der Waals surface area contributed by atoms with Crippen molar-refractivity contribution in [3.63, 3.8) is 0 Å². The summed E-state index contributed by atoms with van der Waals surface area (Å²) in [6, 6.07) is 69.9. The van der Waals surface area contributed by atoms with Crippen molar-refractivity contribution in [3.8, 4) is 27.9 Å². The van der Waals surface area contributed by atoms with Crippen LogP contribution in [0.15, 0.2) is 194 Å². The van der Waals surface area contributed by atoms with E-state index < -0.39 is 0 Å². The molecule has 48 heavy (non-hydrogen) atoms. The van der Waals surface area contributed by atoms with E-state index in [1.165, 1.54) is 54.8 Å². The molecule has 0 fully saturated rings. The van der Waals surface area contributed by atoms with Gasteiger partial charge >= 0.3 is 0 Å². The summed E-state index contributed by atoms with van der Waals surface area (Å²) in [5.74, 6) is 0. The third-order valence-electron chi connectivity index (χ3n) is 9.35. The largest absolute Gasteiger partial charge is 0.310 e. The zero-order valence-corrected chi connectivity index (χ0v) is 26.4. The van der Waals surface area contributed by atoms with Gasteiger partial charge in [-0.1, -0.05) is 127 Å². The van der Waals surface area contributed by atoms with Gasteiger partial charge in [0.15, 0.2) is 0 Å². The van der Waals surface area contributed by atoms with Gasteiger partial charge in [0.1, 0.15) is 0 Å². The van der Waals surface area contributed by atoms with E-state index in [-0.39, 0.29) is 0 Å². The molecular formula is C46H32N2. The summed E-state index contributed by atoms with van der Waals surface area (Å²) >= 11 is 0. The summed E-state index contributed by atoms with van der Waals surface area (Å²) in [5, 5.41) is 4.99. The molecule has 0 bridgehead atoms. The normalized spacial score (nSPS) is 11.3. The third-order valence-corrected chi connectivity index (χ3v) is 9.35. The Balaban J connectivity index is 1.23. The monoisotopic (exact) mass is 612 g/mol. The highest BCUT2D eigenvalue weighted by Crippen LogP contribution is 2.43. The van der Waals surface area contributed by atoms with Crippen LogP contribution in [0.25, 0.3) is 60.5 Å². The Hall–Kier alpha value is -6.38. The quantitative estimate of drug-likeness (QED) is 0.181. The number of nitrogens with zero attached hydrogens (tertiary/aromatic N) is 2. The van der Waals surface area contributed by atoms with E-state index in [9.17, 15) is 0 Å². The number of hydrogen-bond donors (Lipinski definition) is 0. The molecule has 1 aromatic heterocycles. The number of benzene rings is 8. The van der Waals surface area contributed by atoms with Gasteiger partial charge in [0.2, 0.25) is 0 Å². The van der Waals surface area contributed by atoms with E-state index in [1.807, 2.05) is 0 Å². The fourth-order valence-electron chi connectivity index (χ4n) is 7.11. The van der Waals surface area contributed by atoms with E-state index in [4.69, 9.17) is 0 Å². The van der Waals surface area contributed by atoms with Gasteiger partial charge in [-0.05, 0) is 99.8 Å². The second kappa shape index (κ2) is 11.8. The Morgan fingerprint density at radius 1 is 0.354 bits per heavy atom. The van der Waals surface area contributed by atoms with Crippen LogP contribution in [0, 0.1) is 0 Å². The lowest BCUT2D eigenvalue weighted by Crippen LogP contribution is -2.09. The summed E-state index contributed by atoms with van der Waals surface area (Å²) < 4.78 is 2.39. The van der Waals surface area contributed by atoms with Gasteiger partial charge in [0.25, 0.3) is 0 Å². The minimum absolute atomic E-state index is 1.11. The lowest BCUT2D eigenvalue weighted by Gasteiger charge is -2.26. The zero-order valence-electron chi connectivity index (χ0n) is 26.4. The van der Waals surface area contributed by atoms with Crippen LogP contribution in [-0.4, -0.2) is 4.57 Å². The molecule has 226 valence electrons. The highest BCUT2D eigenvalue weighted by molar-refractivity contribution is 6.16. The first-order valence-corrected chi connectivity index (χ1v) is 16.4. The Labute approximate surface area is 280 Å². The molecule has 9 rings (SSSR count). The summed E-state index contributed by atoms with van der Waals surface area (Å²) in [4.78, 5) is 2.36. The minimum Gasteiger partial charge on any atom is -0.310 e. The Morgan fingerprint density at radius 3 is 1.75 bits per heavy atom. The van der Waals surface area contributed by atoms with Crippen LogP contribution in [0.4, 0.5) is 17.1 Å². The molecule has 1 heterocycles. The summed E-state index contributed by atoms with van der Waals surface area (Å²) in [6.07, 6.45) is 0. The molecule has 0 saturated heterocycles.